The minimum Gasteiger partial charge on any atom is -0.456 e. The van der Waals surface area contributed by atoms with Crippen molar-refractivity contribution in [2.75, 3.05) is 19.4 Å². The fourth-order valence-electron chi connectivity index (χ4n) is 2.33. The van der Waals surface area contributed by atoms with Gasteiger partial charge in [-0.15, -0.1) is 5.10 Å². The zero-order valence-electron chi connectivity index (χ0n) is 14.9. The van der Waals surface area contributed by atoms with E-state index in [-0.39, 0.29) is 12.8 Å². The Morgan fingerprint density at radius 2 is 1.96 bits per heavy atom. The van der Waals surface area contributed by atoms with E-state index in [1.807, 2.05) is 13.2 Å². The molecule has 2 aromatic rings. The number of ether oxygens (including phenoxy) is 1. The van der Waals surface area contributed by atoms with Gasteiger partial charge in [0.1, 0.15) is 6.54 Å². The van der Waals surface area contributed by atoms with Crippen LogP contribution in [0.3, 0.4) is 0 Å². The highest BCUT2D eigenvalue weighted by Crippen LogP contribution is 2.18. The highest BCUT2D eigenvalue weighted by atomic mass is 32.2. The van der Waals surface area contributed by atoms with Crippen molar-refractivity contribution >= 4 is 29.4 Å². The summed E-state index contributed by atoms with van der Waals surface area (Å²) in [4.78, 5) is 31.6. The number of rotatable bonds is 7. The van der Waals surface area contributed by atoms with E-state index in [1.165, 1.54) is 11.8 Å². The van der Waals surface area contributed by atoms with Gasteiger partial charge in [-0.05, 0) is 32.1 Å². The molecule has 0 saturated carbocycles. The predicted molar refractivity (Wildman–Crippen MR) is 90.4 cm³/mol. The van der Waals surface area contributed by atoms with Gasteiger partial charge in [0.15, 0.2) is 6.61 Å². The first-order valence-corrected chi connectivity index (χ1v) is 9.09. The molecule has 0 unspecified atom stereocenters. The summed E-state index contributed by atoms with van der Waals surface area (Å²) < 4.78 is 42.3. The Hall–Kier alpha value is -2.37. The second-order valence-electron chi connectivity index (χ2n) is 5.62. The number of nitrogens with one attached hydrogen (secondary N) is 1. The van der Waals surface area contributed by atoms with E-state index in [4.69, 9.17) is 4.74 Å². The number of fused-ring (bicyclic) bond motifs is 1. The number of esters is 1. The highest BCUT2D eigenvalue weighted by molar-refractivity contribution is 7.98. The zero-order valence-corrected chi connectivity index (χ0v) is 15.7. The third-order valence-electron chi connectivity index (χ3n) is 3.64. The number of aryl methyl sites for hydroxylation is 2. The highest BCUT2D eigenvalue weighted by Gasteiger charge is 2.27. The quantitative estimate of drug-likeness (QED) is 0.552. The lowest BCUT2D eigenvalue weighted by Gasteiger charge is -2.11. The number of nitrogens with zero attached hydrogens (tertiary/aromatic N) is 4. The number of amides is 1. The summed E-state index contributed by atoms with van der Waals surface area (Å²) in [5, 5.41) is 6.51. The minimum atomic E-state index is -4.52. The minimum absolute atomic E-state index is 0.0501. The smallest absolute Gasteiger partial charge is 0.405 e. The van der Waals surface area contributed by atoms with Gasteiger partial charge < -0.3 is 10.1 Å². The molecule has 0 aromatic carbocycles. The first-order valence-electron chi connectivity index (χ1n) is 7.86. The summed E-state index contributed by atoms with van der Waals surface area (Å²) in [6.45, 7) is 1.38. The Bertz CT molecular complexity index is 853. The van der Waals surface area contributed by atoms with Gasteiger partial charge in [0.2, 0.25) is 5.16 Å². The van der Waals surface area contributed by atoms with Gasteiger partial charge in [-0.2, -0.15) is 18.2 Å². The molecule has 0 spiro atoms. The van der Waals surface area contributed by atoms with Crippen LogP contribution in [0.5, 0.6) is 0 Å². The second-order valence-corrected chi connectivity index (χ2v) is 6.40. The van der Waals surface area contributed by atoms with Crippen molar-refractivity contribution in [2.24, 2.45) is 0 Å². The van der Waals surface area contributed by atoms with Crippen molar-refractivity contribution in [1.82, 2.24) is 24.9 Å². The molecule has 0 aliphatic carbocycles. The molecule has 0 aliphatic heterocycles. The third kappa shape index (κ3) is 5.81. The Kier molecular flexibility index (Phi) is 6.63. The Morgan fingerprint density at radius 1 is 1.26 bits per heavy atom. The molecule has 2 aromatic heterocycles. The lowest BCUT2D eigenvalue weighted by Crippen LogP contribution is -2.36. The number of aromatic nitrogens is 4. The molecule has 1 N–H and O–H groups in total. The first kappa shape index (κ1) is 20.9. The fraction of sp³-hybridized carbons (Fsp3) is 0.533. The average Bonchev–Trinajstić information content (AvgIpc) is 3.00. The van der Waals surface area contributed by atoms with Gasteiger partial charge in [0.05, 0.1) is 0 Å². The molecule has 2 rings (SSSR count). The number of thioether (sulfide) groups is 1. The van der Waals surface area contributed by atoms with Crippen LogP contribution in [0.15, 0.2) is 5.16 Å². The Labute approximate surface area is 156 Å². The van der Waals surface area contributed by atoms with Crippen molar-refractivity contribution in [3.05, 3.63) is 17.0 Å². The molecular formula is C15H18F3N5O3S. The number of alkyl halides is 3. The van der Waals surface area contributed by atoms with Crippen molar-refractivity contribution in [1.29, 1.82) is 0 Å². The molecular weight excluding hydrogens is 387 g/mol. The normalized spacial score (nSPS) is 11.6. The van der Waals surface area contributed by atoms with Gasteiger partial charge in [0.25, 0.3) is 11.7 Å². The van der Waals surface area contributed by atoms with E-state index in [1.54, 1.807) is 16.8 Å². The standard InChI is InChI=1S/C15H18F3N5O3S/c1-8-10(9(2)23-13(20-8)21-14(22-23)27-3)4-5-12(25)26-6-11(24)19-7-15(16,17)18/h4-7H2,1-3H3,(H,19,24). The summed E-state index contributed by atoms with van der Waals surface area (Å²) in [5.41, 5.74) is 2.26. The van der Waals surface area contributed by atoms with Crippen LogP contribution in [0.4, 0.5) is 13.2 Å². The molecule has 12 heteroatoms. The maximum atomic E-state index is 12.0. The molecule has 8 nitrogen and oxygen atoms in total. The SMILES string of the molecule is CSc1nc2nc(C)c(CCC(=O)OCC(=O)NCC(F)(F)F)c(C)n2n1. The van der Waals surface area contributed by atoms with E-state index in [0.29, 0.717) is 16.6 Å². The molecule has 2 heterocycles. The van der Waals surface area contributed by atoms with E-state index in [9.17, 15) is 22.8 Å². The maximum absolute atomic E-state index is 12.0. The average molecular weight is 405 g/mol. The van der Waals surface area contributed by atoms with Gasteiger partial charge in [-0.3, -0.25) is 9.59 Å². The second kappa shape index (κ2) is 8.55. The van der Waals surface area contributed by atoms with Crippen LogP contribution in [-0.2, 0) is 20.7 Å². The van der Waals surface area contributed by atoms with Crippen molar-refractivity contribution in [3.8, 4) is 0 Å². The largest absolute Gasteiger partial charge is 0.456 e. The number of carbonyl (C=O) groups excluding carboxylic acids is 2. The van der Waals surface area contributed by atoms with Crippen LogP contribution in [0.2, 0.25) is 0 Å². The fourth-order valence-corrected chi connectivity index (χ4v) is 2.67. The van der Waals surface area contributed by atoms with Crippen LogP contribution >= 0.6 is 11.8 Å². The monoisotopic (exact) mass is 405 g/mol. The molecule has 148 valence electrons. The third-order valence-corrected chi connectivity index (χ3v) is 4.18. The lowest BCUT2D eigenvalue weighted by molar-refractivity contribution is -0.151. The first-order chi connectivity index (χ1) is 12.6. The van der Waals surface area contributed by atoms with Crippen molar-refractivity contribution < 1.29 is 27.5 Å². The van der Waals surface area contributed by atoms with E-state index < -0.39 is 31.2 Å². The van der Waals surface area contributed by atoms with Crippen LogP contribution in [0.25, 0.3) is 5.78 Å². The molecule has 27 heavy (non-hydrogen) atoms. The molecule has 0 aliphatic rings. The van der Waals surface area contributed by atoms with Crippen LogP contribution in [0, 0.1) is 13.8 Å². The summed E-state index contributed by atoms with van der Waals surface area (Å²) in [5.74, 6) is -1.25. The molecule has 0 bridgehead atoms. The van der Waals surface area contributed by atoms with Gasteiger partial charge in [-0.25, -0.2) is 9.50 Å². The van der Waals surface area contributed by atoms with Crippen LogP contribution in [0.1, 0.15) is 23.4 Å². The van der Waals surface area contributed by atoms with Crippen molar-refractivity contribution in [2.45, 2.75) is 38.0 Å². The predicted octanol–water partition coefficient (Wildman–Crippen LogP) is 1.62. The zero-order chi connectivity index (χ0) is 20.2. The summed E-state index contributed by atoms with van der Waals surface area (Å²) in [6, 6.07) is 0. The van der Waals surface area contributed by atoms with Crippen LogP contribution < -0.4 is 5.32 Å². The summed E-state index contributed by atoms with van der Waals surface area (Å²) in [7, 11) is 0. The lowest BCUT2D eigenvalue weighted by atomic mass is 10.1. The number of halogens is 3. The number of hydrogen-bond donors (Lipinski definition) is 1. The van der Waals surface area contributed by atoms with E-state index >= 15 is 0 Å². The van der Waals surface area contributed by atoms with Gasteiger partial charge >= 0.3 is 12.1 Å². The molecule has 0 saturated heterocycles. The molecule has 0 fully saturated rings. The van der Waals surface area contributed by atoms with Gasteiger partial charge in [-0.1, -0.05) is 11.8 Å². The molecule has 1 amide bonds. The van der Waals surface area contributed by atoms with E-state index in [2.05, 4.69) is 15.1 Å². The topological polar surface area (TPSA) is 98.5 Å². The number of carbonyl (C=O) groups is 2. The summed E-state index contributed by atoms with van der Waals surface area (Å²) in [6.07, 6.45) is -2.43. The van der Waals surface area contributed by atoms with E-state index in [0.717, 1.165) is 11.3 Å². The Morgan fingerprint density at radius 3 is 2.59 bits per heavy atom. The van der Waals surface area contributed by atoms with Gasteiger partial charge in [0, 0.05) is 17.8 Å². The maximum Gasteiger partial charge on any atom is 0.405 e. The van der Waals surface area contributed by atoms with Crippen molar-refractivity contribution in [3.63, 3.8) is 0 Å². The molecule has 0 atom stereocenters. The number of hydrogen-bond acceptors (Lipinski definition) is 7. The summed E-state index contributed by atoms with van der Waals surface area (Å²) >= 11 is 1.38. The molecule has 0 radical (unpaired) electrons. The van der Waals surface area contributed by atoms with Crippen LogP contribution in [-0.4, -0.2) is 57.0 Å². The Balaban J connectivity index is 1.92.